The fourth-order valence-corrected chi connectivity index (χ4v) is 4.53. The minimum atomic E-state index is -0.631. The van der Waals surface area contributed by atoms with Crippen molar-refractivity contribution in [2.24, 2.45) is 0 Å². The van der Waals surface area contributed by atoms with Gasteiger partial charge in [-0.3, -0.25) is 0 Å². The lowest BCUT2D eigenvalue weighted by Crippen LogP contribution is -2.01. The molecule has 17 heavy (non-hydrogen) atoms. The Morgan fingerprint density at radius 3 is 2.65 bits per heavy atom. The van der Waals surface area contributed by atoms with Gasteiger partial charge in [-0.15, -0.1) is 11.3 Å². The van der Waals surface area contributed by atoms with Gasteiger partial charge >= 0.3 is 0 Å². The van der Waals surface area contributed by atoms with Crippen molar-refractivity contribution in [3.8, 4) is 0 Å². The summed E-state index contributed by atoms with van der Waals surface area (Å²) in [6.07, 6.45) is -0.228. The SMILES string of the molecule is OC(Cc1cccc(F)c1)c1cc(Br)sc1Br. The predicted molar refractivity (Wildman–Crippen MR) is 74.8 cm³/mol. The number of aliphatic hydroxyl groups is 1. The highest BCUT2D eigenvalue weighted by molar-refractivity contribution is 9.12. The second-order valence-corrected chi connectivity index (χ2v) is 7.38. The molecule has 1 aromatic carbocycles. The third kappa shape index (κ3) is 3.37. The fraction of sp³-hybridized carbons (Fsp3) is 0.167. The lowest BCUT2D eigenvalue weighted by atomic mass is 10.0. The molecule has 0 spiro atoms. The Morgan fingerprint density at radius 2 is 2.06 bits per heavy atom. The summed E-state index contributed by atoms with van der Waals surface area (Å²) in [6, 6.07) is 8.17. The third-order valence-electron chi connectivity index (χ3n) is 2.36. The van der Waals surface area contributed by atoms with Crippen LogP contribution in [0.1, 0.15) is 17.2 Å². The first-order chi connectivity index (χ1) is 8.06. The molecule has 90 valence electrons. The number of halogens is 3. The van der Waals surface area contributed by atoms with E-state index in [0.29, 0.717) is 6.42 Å². The zero-order valence-electron chi connectivity index (χ0n) is 8.66. The largest absolute Gasteiger partial charge is 0.388 e. The molecule has 0 radical (unpaired) electrons. The van der Waals surface area contributed by atoms with Crippen LogP contribution in [0.2, 0.25) is 0 Å². The number of aliphatic hydroxyl groups excluding tert-OH is 1. The van der Waals surface area contributed by atoms with Crippen LogP contribution in [-0.2, 0) is 6.42 Å². The smallest absolute Gasteiger partial charge is 0.123 e. The molecule has 0 fully saturated rings. The molecule has 0 bridgehead atoms. The molecule has 1 unspecified atom stereocenters. The summed E-state index contributed by atoms with van der Waals surface area (Å²) in [6.45, 7) is 0. The van der Waals surface area contributed by atoms with E-state index >= 15 is 0 Å². The Hall–Kier alpha value is -0.230. The summed E-state index contributed by atoms with van der Waals surface area (Å²) in [5.41, 5.74) is 1.61. The summed E-state index contributed by atoms with van der Waals surface area (Å²) >= 11 is 8.28. The van der Waals surface area contributed by atoms with E-state index in [1.54, 1.807) is 6.07 Å². The molecule has 0 aliphatic carbocycles. The van der Waals surface area contributed by atoms with Crippen LogP contribution < -0.4 is 0 Å². The molecule has 1 aromatic heterocycles. The first-order valence-electron chi connectivity index (χ1n) is 4.93. The molecule has 1 N–H and O–H groups in total. The van der Waals surface area contributed by atoms with Crippen LogP contribution in [-0.4, -0.2) is 5.11 Å². The van der Waals surface area contributed by atoms with Gasteiger partial charge in [0, 0.05) is 12.0 Å². The standard InChI is InChI=1S/C12H9Br2FOS/c13-11-6-9(12(14)17-11)10(16)5-7-2-1-3-8(15)4-7/h1-4,6,10,16H,5H2. The summed E-state index contributed by atoms with van der Waals surface area (Å²) < 4.78 is 14.9. The molecule has 2 aromatic rings. The normalized spacial score (nSPS) is 12.7. The highest BCUT2D eigenvalue weighted by Gasteiger charge is 2.15. The van der Waals surface area contributed by atoms with Crippen molar-refractivity contribution in [3.05, 3.63) is 54.8 Å². The van der Waals surface area contributed by atoms with Crippen LogP contribution in [0.3, 0.4) is 0 Å². The molecule has 1 nitrogen and oxygen atoms in total. The van der Waals surface area contributed by atoms with Gasteiger partial charge in [0.2, 0.25) is 0 Å². The van der Waals surface area contributed by atoms with E-state index in [-0.39, 0.29) is 5.82 Å². The van der Waals surface area contributed by atoms with E-state index in [9.17, 15) is 9.50 Å². The molecule has 5 heteroatoms. The lowest BCUT2D eigenvalue weighted by molar-refractivity contribution is 0.178. The summed E-state index contributed by atoms with van der Waals surface area (Å²) in [5, 5.41) is 10.1. The number of benzene rings is 1. The summed E-state index contributed by atoms with van der Waals surface area (Å²) in [7, 11) is 0. The monoisotopic (exact) mass is 378 g/mol. The molecule has 1 heterocycles. The molecular weight excluding hydrogens is 371 g/mol. The first-order valence-corrected chi connectivity index (χ1v) is 7.34. The molecule has 1 atom stereocenters. The second-order valence-electron chi connectivity index (χ2n) is 3.63. The highest BCUT2D eigenvalue weighted by atomic mass is 79.9. The number of rotatable bonds is 3. The van der Waals surface area contributed by atoms with E-state index in [1.807, 2.05) is 12.1 Å². The molecule has 0 aliphatic heterocycles. The summed E-state index contributed by atoms with van der Waals surface area (Å²) in [4.78, 5) is 0. The Morgan fingerprint density at radius 1 is 1.29 bits per heavy atom. The molecule has 0 saturated carbocycles. The van der Waals surface area contributed by atoms with Crippen molar-refractivity contribution in [2.45, 2.75) is 12.5 Å². The topological polar surface area (TPSA) is 20.2 Å². The van der Waals surface area contributed by atoms with Crippen LogP contribution >= 0.6 is 43.2 Å². The minimum Gasteiger partial charge on any atom is -0.388 e. The van der Waals surface area contributed by atoms with Gasteiger partial charge in [-0.2, -0.15) is 0 Å². The van der Waals surface area contributed by atoms with E-state index in [4.69, 9.17) is 0 Å². The summed E-state index contributed by atoms with van der Waals surface area (Å²) in [5.74, 6) is -0.278. The number of thiophene rings is 1. The maximum atomic E-state index is 13.0. The van der Waals surface area contributed by atoms with Gasteiger partial charge in [0.05, 0.1) is 13.7 Å². The molecule has 0 saturated heterocycles. The van der Waals surface area contributed by atoms with Crippen molar-refractivity contribution in [2.75, 3.05) is 0 Å². The van der Waals surface area contributed by atoms with Crippen molar-refractivity contribution in [1.82, 2.24) is 0 Å². The van der Waals surface area contributed by atoms with Gasteiger partial charge in [0.1, 0.15) is 5.82 Å². The van der Waals surface area contributed by atoms with Gasteiger partial charge in [-0.05, 0) is 55.6 Å². The van der Waals surface area contributed by atoms with E-state index in [1.165, 1.54) is 23.5 Å². The van der Waals surface area contributed by atoms with Gasteiger partial charge in [0.15, 0.2) is 0 Å². The van der Waals surface area contributed by atoms with Crippen LogP contribution in [0.25, 0.3) is 0 Å². The lowest BCUT2D eigenvalue weighted by Gasteiger charge is -2.09. The van der Waals surface area contributed by atoms with Gasteiger partial charge in [-0.25, -0.2) is 4.39 Å². The molecule has 0 aliphatic rings. The zero-order chi connectivity index (χ0) is 12.4. The maximum absolute atomic E-state index is 13.0. The number of hydrogen-bond acceptors (Lipinski definition) is 2. The average Bonchev–Trinajstić information content (AvgIpc) is 2.58. The van der Waals surface area contributed by atoms with E-state index in [0.717, 1.165) is 18.7 Å². The zero-order valence-corrected chi connectivity index (χ0v) is 12.6. The van der Waals surface area contributed by atoms with Crippen LogP contribution in [0.5, 0.6) is 0 Å². The molecular formula is C12H9Br2FOS. The van der Waals surface area contributed by atoms with Crippen LogP contribution in [0.15, 0.2) is 37.9 Å². The van der Waals surface area contributed by atoms with Crippen molar-refractivity contribution in [3.63, 3.8) is 0 Å². The Bertz CT molecular complexity index is 527. The van der Waals surface area contributed by atoms with Crippen molar-refractivity contribution in [1.29, 1.82) is 0 Å². The third-order valence-corrected chi connectivity index (χ3v) is 4.75. The highest BCUT2D eigenvalue weighted by Crippen LogP contribution is 2.36. The van der Waals surface area contributed by atoms with Gasteiger partial charge in [-0.1, -0.05) is 12.1 Å². The molecule has 0 amide bonds. The number of hydrogen-bond donors (Lipinski definition) is 1. The molecule has 2 rings (SSSR count). The Labute approximate surface area is 120 Å². The quantitative estimate of drug-likeness (QED) is 0.820. The second kappa shape index (κ2) is 5.61. The maximum Gasteiger partial charge on any atom is 0.123 e. The fourth-order valence-electron chi connectivity index (χ4n) is 1.58. The van der Waals surface area contributed by atoms with Crippen LogP contribution in [0, 0.1) is 5.82 Å². The van der Waals surface area contributed by atoms with Gasteiger partial charge in [0.25, 0.3) is 0 Å². The Balaban J connectivity index is 2.16. The van der Waals surface area contributed by atoms with Gasteiger partial charge < -0.3 is 5.11 Å². The first kappa shape index (κ1) is 13.2. The van der Waals surface area contributed by atoms with E-state index in [2.05, 4.69) is 31.9 Å². The average molecular weight is 380 g/mol. The Kier molecular flexibility index (Phi) is 4.36. The van der Waals surface area contributed by atoms with E-state index < -0.39 is 6.10 Å². The van der Waals surface area contributed by atoms with Crippen molar-refractivity contribution >= 4 is 43.2 Å². The van der Waals surface area contributed by atoms with Crippen LogP contribution in [0.4, 0.5) is 4.39 Å². The van der Waals surface area contributed by atoms with Crippen molar-refractivity contribution < 1.29 is 9.50 Å². The minimum absolute atomic E-state index is 0.278. The predicted octanol–water partition coefficient (Wildman–Crippen LogP) is 4.69.